The van der Waals surface area contributed by atoms with Gasteiger partial charge in [0.05, 0.1) is 25.5 Å². The van der Waals surface area contributed by atoms with Crippen LogP contribution in [0, 0.1) is 0 Å². The van der Waals surface area contributed by atoms with Gasteiger partial charge in [0.1, 0.15) is 11.4 Å². The summed E-state index contributed by atoms with van der Waals surface area (Å²) in [5, 5.41) is 5.82. The first-order valence-corrected chi connectivity index (χ1v) is 11.1. The second-order valence-electron chi connectivity index (χ2n) is 8.62. The number of fused-ring (bicyclic) bond motifs is 1. The number of urea groups is 1. The van der Waals surface area contributed by atoms with Crippen LogP contribution >= 0.6 is 0 Å². The first-order valence-electron chi connectivity index (χ1n) is 11.1. The van der Waals surface area contributed by atoms with Crippen LogP contribution in [0.1, 0.15) is 44.4 Å². The molecule has 8 nitrogen and oxygen atoms in total. The zero-order valence-corrected chi connectivity index (χ0v) is 18.1. The van der Waals surface area contributed by atoms with Gasteiger partial charge in [0.25, 0.3) is 0 Å². The van der Waals surface area contributed by atoms with E-state index in [0.717, 1.165) is 60.7 Å². The van der Waals surface area contributed by atoms with Crippen LogP contribution in [0.5, 0.6) is 0 Å². The third kappa shape index (κ3) is 4.09. The minimum absolute atomic E-state index is 0.158. The van der Waals surface area contributed by atoms with E-state index in [1.54, 1.807) is 0 Å². The number of ether oxygens (including phenoxy) is 2. The van der Waals surface area contributed by atoms with E-state index in [4.69, 9.17) is 19.4 Å². The maximum absolute atomic E-state index is 12.0. The molecule has 1 saturated heterocycles. The molecule has 1 saturated carbocycles. The molecule has 2 fully saturated rings. The van der Waals surface area contributed by atoms with Gasteiger partial charge < -0.3 is 25.0 Å². The highest BCUT2D eigenvalue weighted by atomic mass is 16.5. The fourth-order valence-electron chi connectivity index (χ4n) is 4.06. The Morgan fingerprint density at radius 1 is 1.19 bits per heavy atom. The summed E-state index contributed by atoms with van der Waals surface area (Å²) in [6, 6.07) is 7.86. The summed E-state index contributed by atoms with van der Waals surface area (Å²) in [5.41, 5.74) is 3.32. The Bertz CT molecular complexity index is 970. The average Bonchev–Trinajstić information content (AvgIpc) is 3.55. The number of rotatable bonds is 5. The third-order valence-electron chi connectivity index (χ3n) is 6.32. The summed E-state index contributed by atoms with van der Waals surface area (Å²) in [4.78, 5) is 24.2. The van der Waals surface area contributed by atoms with E-state index in [2.05, 4.69) is 29.4 Å². The van der Waals surface area contributed by atoms with Crippen molar-refractivity contribution in [1.29, 1.82) is 0 Å². The summed E-state index contributed by atoms with van der Waals surface area (Å²) >= 11 is 0. The van der Waals surface area contributed by atoms with E-state index < -0.39 is 5.60 Å². The Hall–Kier alpha value is -2.71. The lowest BCUT2D eigenvalue weighted by Gasteiger charge is -2.30. The molecule has 164 valence electrons. The van der Waals surface area contributed by atoms with E-state index >= 15 is 0 Å². The van der Waals surface area contributed by atoms with Crippen LogP contribution in [0.25, 0.3) is 11.4 Å². The van der Waals surface area contributed by atoms with E-state index in [1.807, 2.05) is 24.3 Å². The molecule has 3 aliphatic rings. The predicted octanol–water partition coefficient (Wildman–Crippen LogP) is 3.42. The molecule has 0 bridgehead atoms. The topological polar surface area (TPSA) is 88.6 Å². The van der Waals surface area contributed by atoms with Gasteiger partial charge in [0.2, 0.25) is 0 Å². The minimum Gasteiger partial charge on any atom is -0.378 e. The van der Waals surface area contributed by atoms with Crippen LogP contribution in [0.4, 0.5) is 16.3 Å². The van der Waals surface area contributed by atoms with Crippen LogP contribution in [0.15, 0.2) is 24.3 Å². The number of hydrogen-bond acceptors (Lipinski definition) is 6. The number of carbonyl (C=O) groups is 1. The van der Waals surface area contributed by atoms with Crippen LogP contribution in [-0.4, -0.2) is 48.3 Å². The van der Waals surface area contributed by atoms with Crippen molar-refractivity contribution in [2.24, 2.45) is 0 Å². The number of morpholine rings is 1. The van der Waals surface area contributed by atoms with Crippen molar-refractivity contribution < 1.29 is 14.3 Å². The van der Waals surface area contributed by atoms with Gasteiger partial charge in [0.15, 0.2) is 5.82 Å². The molecule has 8 heteroatoms. The smallest absolute Gasteiger partial charge is 0.319 e. The predicted molar refractivity (Wildman–Crippen MR) is 118 cm³/mol. The Morgan fingerprint density at radius 3 is 2.61 bits per heavy atom. The van der Waals surface area contributed by atoms with Gasteiger partial charge in [-0.1, -0.05) is 6.92 Å². The van der Waals surface area contributed by atoms with Crippen LogP contribution in [-0.2, 0) is 21.7 Å². The van der Waals surface area contributed by atoms with E-state index in [1.165, 1.54) is 0 Å². The monoisotopic (exact) mass is 423 g/mol. The van der Waals surface area contributed by atoms with Crippen molar-refractivity contribution in [2.45, 2.75) is 51.4 Å². The van der Waals surface area contributed by atoms with E-state index in [9.17, 15) is 4.79 Å². The fraction of sp³-hybridized carbons (Fsp3) is 0.522. The SMILES string of the molecule is CCC1(C)OCc2c(N3CCOCC3)nc(-c3ccc(NC(=O)NC4CC4)cc3)nc21. The molecule has 1 aromatic carbocycles. The fourth-order valence-corrected chi connectivity index (χ4v) is 4.06. The van der Waals surface area contributed by atoms with Gasteiger partial charge in [-0.25, -0.2) is 14.8 Å². The summed E-state index contributed by atoms with van der Waals surface area (Å²) in [6.07, 6.45) is 2.97. The molecule has 1 aromatic heterocycles. The lowest BCUT2D eigenvalue weighted by molar-refractivity contribution is -0.0281. The lowest BCUT2D eigenvalue weighted by Crippen LogP contribution is -2.37. The van der Waals surface area contributed by atoms with E-state index in [-0.39, 0.29) is 6.03 Å². The summed E-state index contributed by atoms with van der Waals surface area (Å²) < 4.78 is 11.7. The second-order valence-corrected chi connectivity index (χ2v) is 8.62. The second kappa shape index (κ2) is 8.09. The summed E-state index contributed by atoms with van der Waals surface area (Å²) in [6.45, 7) is 7.77. The molecule has 1 aliphatic carbocycles. The zero-order valence-electron chi connectivity index (χ0n) is 18.1. The van der Waals surface area contributed by atoms with Crippen molar-refractivity contribution in [1.82, 2.24) is 15.3 Å². The number of anilines is 2. The number of amides is 2. The average molecular weight is 424 g/mol. The Labute approximate surface area is 182 Å². The largest absolute Gasteiger partial charge is 0.378 e. The van der Waals surface area contributed by atoms with Crippen molar-refractivity contribution in [2.75, 3.05) is 36.5 Å². The van der Waals surface area contributed by atoms with Crippen LogP contribution < -0.4 is 15.5 Å². The van der Waals surface area contributed by atoms with Crippen molar-refractivity contribution in [3.63, 3.8) is 0 Å². The van der Waals surface area contributed by atoms with Gasteiger partial charge in [0, 0.05) is 35.9 Å². The molecule has 2 N–H and O–H groups in total. The number of carbonyl (C=O) groups excluding carboxylic acids is 1. The molecule has 0 radical (unpaired) electrons. The Balaban J connectivity index is 1.45. The molecule has 2 aromatic rings. The number of aromatic nitrogens is 2. The zero-order chi connectivity index (χ0) is 21.4. The first-order chi connectivity index (χ1) is 15.1. The maximum Gasteiger partial charge on any atom is 0.319 e. The molecule has 2 amide bonds. The normalized spacial score (nSPS) is 22.8. The summed E-state index contributed by atoms with van der Waals surface area (Å²) in [7, 11) is 0. The lowest BCUT2D eigenvalue weighted by atomic mass is 9.97. The Kier molecular flexibility index (Phi) is 5.27. The van der Waals surface area contributed by atoms with Gasteiger partial charge in [-0.15, -0.1) is 0 Å². The molecule has 1 atom stereocenters. The van der Waals surface area contributed by atoms with Gasteiger partial charge in [-0.2, -0.15) is 0 Å². The number of hydrogen-bond donors (Lipinski definition) is 2. The molecular weight excluding hydrogens is 394 g/mol. The van der Waals surface area contributed by atoms with Crippen molar-refractivity contribution >= 4 is 17.5 Å². The molecule has 1 unspecified atom stereocenters. The van der Waals surface area contributed by atoms with Gasteiger partial charge in [-0.05, 0) is 50.5 Å². The number of benzene rings is 1. The summed E-state index contributed by atoms with van der Waals surface area (Å²) in [5.74, 6) is 1.63. The van der Waals surface area contributed by atoms with Crippen LogP contribution in [0.2, 0.25) is 0 Å². The van der Waals surface area contributed by atoms with Crippen molar-refractivity contribution in [3.8, 4) is 11.4 Å². The highest BCUT2D eigenvalue weighted by Gasteiger charge is 2.39. The Morgan fingerprint density at radius 2 is 1.94 bits per heavy atom. The maximum atomic E-state index is 12.0. The van der Waals surface area contributed by atoms with Gasteiger partial charge in [-0.3, -0.25) is 0 Å². The molecule has 5 rings (SSSR count). The quantitative estimate of drug-likeness (QED) is 0.766. The molecule has 0 spiro atoms. The minimum atomic E-state index is -0.406. The first kappa shape index (κ1) is 20.2. The molecular formula is C23H29N5O3. The highest BCUT2D eigenvalue weighted by molar-refractivity contribution is 5.89. The van der Waals surface area contributed by atoms with Crippen LogP contribution in [0.3, 0.4) is 0 Å². The number of nitrogens with one attached hydrogen (secondary N) is 2. The van der Waals surface area contributed by atoms with Crippen molar-refractivity contribution in [3.05, 3.63) is 35.5 Å². The molecule has 31 heavy (non-hydrogen) atoms. The highest BCUT2D eigenvalue weighted by Crippen LogP contribution is 2.42. The number of nitrogens with zero attached hydrogens (tertiary/aromatic N) is 3. The standard InChI is InChI=1S/C23H29N5O3/c1-3-23(2)19-18(14-31-23)21(28-10-12-30-13-11-28)27-20(26-19)15-4-6-16(7-5-15)24-22(29)25-17-8-9-17/h4-7,17H,3,8-14H2,1-2H3,(H2,24,25,29). The molecule has 2 aliphatic heterocycles. The van der Waals surface area contributed by atoms with E-state index in [0.29, 0.717) is 31.7 Å². The third-order valence-corrected chi connectivity index (χ3v) is 6.32. The van der Waals surface area contributed by atoms with Gasteiger partial charge >= 0.3 is 6.03 Å². The molecule has 3 heterocycles.